The maximum Gasteiger partial charge on any atom is 0.328 e. The summed E-state index contributed by atoms with van der Waals surface area (Å²) in [7, 11) is 0. The molecule has 1 saturated heterocycles. The van der Waals surface area contributed by atoms with Gasteiger partial charge < -0.3 is 0 Å². The molecule has 0 saturated carbocycles. The summed E-state index contributed by atoms with van der Waals surface area (Å²) in [6, 6.07) is 9.07. The van der Waals surface area contributed by atoms with Gasteiger partial charge in [-0.2, -0.15) is 0 Å². The van der Waals surface area contributed by atoms with Gasteiger partial charge in [-0.05, 0) is 18.4 Å². The van der Waals surface area contributed by atoms with E-state index in [2.05, 4.69) is 15.6 Å². The third kappa shape index (κ3) is 3.75. The van der Waals surface area contributed by atoms with E-state index in [0.29, 0.717) is 18.7 Å². The molecule has 6 heteroatoms. The lowest BCUT2D eigenvalue weighted by Gasteiger charge is -2.21. The lowest BCUT2D eigenvalue weighted by atomic mass is 9.97. The lowest BCUT2D eigenvalue weighted by molar-refractivity contribution is -0.132. The molecular formula is C15H17N3O3. The number of urea groups is 1. The maximum absolute atomic E-state index is 11.8. The van der Waals surface area contributed by atoms with Crippen molar-refractivity contribution in [2.45, 2.75) is 19.8 Å². The number of rotatable bonds is 5. The average Bonchev–Trinajstić information content (AvgIpc) is 2.45. The fourth-order valence-corrected chi connectivity index (χ4v) is 2.20. The van der Waals surface area contributed by atoms with Gasteiger partial charge in [0, 0.05) is 12.3 Å². The molecule has 2 rings (SSSR count). The average molecular weight is 287 g/mol. The molecule has 1 aliphatic heterocycles. The van der Waals surface area contributed by atoms with E-state index < -0.39 is 23.8 Å². The van der Waals surface area contributed by atoms with E-state index >= 15 is 0 Å². The number of nitrogens with zero attached hydrogens (tertiary/aromatic N) is 1. The van der Waals surface area contributed by atoms with E-state index in [0.717, 1.165) is 12.0 Å². The van der Waals surface area contributed by atoms with Crippen molar-refractivity contribution in [2.75, 3.05) is 6.54 Å². The van der Waals surface area contributed by atoms with Crippen LogP contribution in [0.3, 0.4) is 0 Å². The molecule has 1 heterocycles. The highest BCUT2D eigenvalue weighted by molar-refractivity contribution is 6.27. The standard InChI is InChI=1S/C15H17N3O3/c1-2-11(12-13(19)17-15(21)18-14(12)20)16-9-8-10-6-4-3-5-7-10/h3-7,12H,2,8-9H2,1H3,(H2,17,18,19,20,21). The minimum absolute atomic E-state index is 0.481. The summed E-state index contributed by atoms with van der Waals surface area (Å²) in [5.74, 6) is -2.23. The number of barbiturate groups is 1. The van der Waals surface area contributed by atoms with Crippen LogP contribution in [0.2, 0.25) is 0 Å². The van der Waals surface area contributed by atoms with Crippen molar-refractivity contribution >= 4 is 23.6 Å². The monoisotopic (exact) mass is 287 g/mol. The van der Waals surface area contributed by atoms with Gasteiger partial charge in [-0.25, -0.2) is 4.79 Å². The molecule has 0 aromatic heterocycles. The number of nitrogens with one attached hydrogen (secondary N) is 2. The van der Waals surface area contributed by atoms with Crippen molar-refractivity contribution in [1.82, 2.24) is 10.6 Å². The Balaban J connectivity index is 2.04. The maximum atomic E-state index is 11.8. The second-order valence-electron chi connectivity index (χ2n) is 4.70. The van der Waals surface area contributed by atoms with Gasteiger partial charge in [-0.15, -0.1) is 0 Å². The van der Waals surface area contributed by atoms with E-state index in [1.807, 2.05) is 37.3 Å². The zero-order chi connectivity index (χ0) is 15.2. The van der Waals surface area contributed by atoms with E-state index in [4.69, 9.17) is 0 Å². The summed E-state index contributed by atoms with van der Waals surface area (Å²) in [4.78, 5) is 39.0. The summed E-state index contributed by atoms with van der Waals surface area (Å²) in [5, 5.41) is 4.18. The molecule has 1 aliphatic rings. The van der Waals surface area contributed by atoms with Gasteiger partial charge in [0.15, 0.2) is 5.92 Å². The van der Waals surface area contributed by atoms with Gasteiger partial charge in [-0.3, -0.25) is 25.2 Å². The molecule has 0 atom stereocenters. The zero-order valence-corrected chi connectivity index (χ0v) is 11.8. The third-order valence-electron chi connectivity index (χ3n) is 3.25. The van der Waals surface area contributed by atoms with Crippen LogP contribution in [0.25, 0.3) is 0 Å². The first-order valence-corrected chi connectivity index (χ1v) is 6.84. The van der Waals surface area contributed by atoms with Crippen molar-refractivity contribution in [1.29, 1.82) is 0 Å². The first-order valence-electron chi connectivity index (χ1n) is 6.84. The van der Waals surface area contributed by atoms with Gasteiger partial charge in [-0.1, -0.05) is 37.3 Å². The fraction of sp³-hybridized carbons (Fsp3) is 0.333. The van der Waals surface area contributed by atoms with Crippen LogP contribution in [0.5, 0.6) is 0 Å². The molecule has 21 heavy (non-hydrogen) atoms. The summed E-state index contributed by atoms with van der Waals surface area (Å²) in [6.45, 7) is 2.33. The summed E-state index contributed by atoms with van der Waals surface area (Å²) < 4.78 is 0. The van der Waals surface area contributed by atoms with E-state index in [1.54, 1.807) is 0 Å². The second kappa shape index (κ2) is 6.78. The van der Waals surface area contributed by atoms with Gasteiger partial charge in [0.05, 0.1) is 0 Å². The number of carbonyl (C=O) groups is 3. The molecule has 0 radical (unpaired) electrons. The summed E-state index contributed by atoms with van der Waals surface area (Å²) >= 11 is 0. The SMILES string of the molecule is CCC(=NCCc1ccccc1)C1C(=O)NC(=O)NC1=O. The summed E-state index contributed by atoms with van der Waals surface area (Å²) in [6.07, 6.45) is 1.22. The molecule has 2 N–H and O–H groups in total. The fourth-order valence-electron chi connectivity index (χ4n) is 2.20. The third-order valence-corrected chi connectivity index (χ3v) is 3.25. The highest BCUT2D eigenvalue weighted by Crippen LogP contribution is 2.09. The van der Waals surface area contributed by atoms with Crippen LogP contribution in [-0.2, 0) is 16.0 Å². The smallest absolute Gasteiger partial charge is 0.292 e. The van der Waals surface area contributed by atoms with Crippen LogP contribution < -0.4 is 10.6 Å². The van der Waals surface area contributed by atoms with Gasteiger partial charge in [0.25, 0.3) is 0 Å². The van der Waals surface area contributed by atoms with Crippen molar-refractivity contribution in [3.63, 3.8) is 0 Å². The Morgan fingerprint density at radius 3 is 2.29 bits per heavy atom. The number of benzene rings is 1. The zero-order valence-electron chi connectivity index (χ0n) is 11.8. The van der Waals surface area contributed by atoms with Crippen LogP contribution >= 0.6 is 0 Å². The minimum Gasteiger partial charge on any atom is -0.292 e. The van der Waals surface area contributed by atoms with Gasteiger partial charge >= 0.3 is 6.03 Å². The van der Waals surface area contributed by atoms with Crippen LogP contribution in [0.15, 0.2) is 35.3 Å². The molecule has 0 aliphatic carbocycles. The predicted octanol–water partition coefficient (Wildman–Crippen LogP) is 1.06. The predicted molar refractivity (Wildman–Crippen MR) is 77.9 cm³/mol. The number of aliphatic imine (C=N–C) groups is 1. The molecule has 1 aromatic rings. The molecule has 4 amide bonds. The molecule has 110 valence electrons. The molecule has 0 bridgehead atoms. The first kappa shape index (κ1) is 14.9. The topological polar surface area (TPSA) is 87.6 Å². The van der Waals surface area contributed by atoms with Gasteiger partial charge in [0.1, 0.15) is 0 Å². The molecule has 0 unspecified atom stereocenters. The second-order valence-corrected chi connectivity index (χ2v) is 4.70. The Bertz CT molecular complexity index is 561. The Morgan fingerprint density at radius 1 is 1.10 bits per heavy atom. The van der Waals surface area contributed by atoms with Crippen LogP contribution in [-0.4, -0.2) is 30.1 Å². The molecule has 0 spiro atoms. The minimum atomic E-state index is -1.01. The molecular weight excluding hydrogens is 270 g/mol. The van der Waals surface area contributed by atoms with Crippen LogP contribution in [0.1, 0.15) is 18.9 Å². The highest BCUT2D eigenvalue weighted by Gasteiger charge is 2.37. The van der Waals surface area contributed by atoms with E-state index in [-0.39, 0.29) is 0 Å². The first-order chi connectivity index (χ1) is 10.1. The normalized spacial score (nSPS) is 16.6. The molecule has 1 fully saturated rings. The van der Waals surface area contributed by atoms with Crippen molar-refractivity contribution in [3.05, 3.63) is 35.9 Å². The van der Waals surface area contributed by atoms with Crippen molar-refractivity contribution in [2.24, 2.45) is 10.9 Å². The number of hydrogen-bond acceptors (Lipinski definition) is 4. The number of hydrogen-bond donors (Lipinski definition) is 2. The van der Waals surface area contributed by atoms with Crippen LogP contribution in [0.4, 0.5) is 4.79 Å². The van der Waals surface area contributed by atoms with E-state index in [9.17, 15) is 14.4 Å². The van der Waals surface area contributed by atoms with Crippen molar-refractivity contribution < 1.29 is 14.4 Å². The Hall–Kier alpha value is -2.50. The Morgan fingerprint density at radius 2 is 1.71 bits per heavy atom. The van der Waals surface area contributed by atoms with Crippen LogP contribution in [0, 0.1) is 5.92 Å². The highest BCUT2D eigenvalue weighted by atomic mass is 16.2. The Labute approximate surface area is 122 Å². The number of amides is 4. The Kier molecular flexibility index (Phi) is 4.81. The largest absolute Gasteiger partial charge is 0.328 e. The van der Waals surface area contributed by atoms with Crippen molar-refractivity contribution in [3.8, 4) is 0 Å². The number of carbonyl (C=O) groups excluding carboxylic acids is 3. The lowest BCUT2D eigenvalue weighted by Crippen LogP contribution is -2.57. The molecule has 6 nitrogen and oxygen atoms in total. The van der Waals surface area contributed by atoms with Gasteiger partial charge in [0.2, 0.25) is 11.8 Å². The molecule has 1 aromatic carbocycles. The number of imide groups is 2. The summed E-state index contributed by atoms with van der Waals surface area (Å²) in [5.41, 5.74) is 1.64. The van der Waals surface area contributed by atoms with E-state index in [1.165, 1.54) is 0 Å². The quantitative estimate of drug-likeness (QED) is 0.627.